The first-order valence-electron chi connectivity index (χ1n) is 6.02. The molecule has 108 valence electrons. The van der Waals surface area contributed by atoms with Crippen molar-refractivity contribution < 1.29 is 13.6 Å². The molecule has 2 rings (SSSR count). The summed E-state index contributed by atoms with van der Waals surface area (Å²) in [5.41, 5.74) is 4.62. The predicted octanol–water partition coefficient (Wildman–Crippen LogP) is 3.37. The zero-order valence-corrected chi connectivity index (χ0v) is 13.1. The fourth-order valence-corrected chi connectivity index (χ4v) is 3.09. The van der Waals surface area contributed by atoms with Crippen molar-refractivity contribution in [2.24, 2.45) is 17.1 Å². The van der Waals surface area contributed by atoms with Gasteiger partial charge in [0.05, 0.1) is 20.6 Å². The zero-order valence-electron chi connectivity index (χ0n) is 10.7. The molecule has 0 atom stereocenters. The summed E-state index contributed by atoms with van der Waals surface area (Å²) in [5, 5.41) is 2.44. The molecule has 0 radical (unpaired) electrons. The van der Waals surface area contributed by atoms with Gasteiger partial charge in [-0.05, 0) is 40.8 Å². The van der Waals surface area contributed by atoms with Gasteiger partial charge in [0.2, 0.25) is 5.91 Å². The lowest BCUT2D eigenvalue weighted by Crippen LogP contribution is -2.53. The van der Waals surface area contributed by atoms with Crippen LogP contribution in [0.1, 0.15) is 19.8 Å². The molecule has 0 spiro atoms. The summed E-state index contributed by atoms with van der Waals surface area (Å²) in [5.74, 6) is -1.68. The minimum atomic E-state index is -0.929. The fourth-order valence-electron chi connectivity index (χ4n) is 2.49. The first kappa shape index (κ1) is 15.3. The molecule has 1 aromatic rings. The molecule has 20 heavy (non-hydrogen) atoms. The normalized spacial score (nSPS) is 24.9. The van der Waals surface area contributed by atoms with E-state index in [1.807, 2.05) is 6.92 Å². The van der Waals surface area contributed by atoms with Crippen molar-refractivity contribution in [3.63, 3.8) is 0 Å². The maximum Gasteiger partial charge on any atom is 0.237 e. The highest BCUT2D eigenvalue weighted by molar-refractivity contribution is 9.10. The third-order valence-corrected chi connectivity index (χ3v) is 4.56. The van der Waals surface area contributed by atoms with Gasteiger partial charge < -0.3 is 11.1 Å². The Balaban J connectivity index is 2.24. The molecule has 1 aliphatic carbocycles. The van der Waals surface area contributed by atoms with E-state index in [4.69, 9.17) is 18.0 Å². The number of anilines is 1. The van der Waals surface area contributed by atoms with Crippen LogP contribution in [-0.4, -0.2) is 10.9 Å². The smallest absolute Gasteiger partial charge is 0.237 e. The number of carbonyl (C=O) groups is 1. The van der Waals surface area contributed by atoms with Gasteiger partial charge in [-0.2, -0.15) is 0 Å². The summed E-state index contributed by atoms with van der Waals surface area (Å²) >= 11 is 7.91. The lowest BCUT2D eigenvalue weighted by Gasteiger charge is -2.44. The third kappa shape index (κ3) is 2.56. The number of carbonyl (C=O) groups excluding carboxylic acids is 1. The Morgan fingerprint density at radius 3 is 2.55 bits per heavy atom. The SMILES string of the molecule is CC1CC(C(=O)Nc2cc(Br)c(F)cc2F)(C(N)=S)C1. The molecule has 0 heterocycles. The second-order valence-electron chi connectivity index (χ2n) is 5.16. The Labute approximate surface area is 129 Å². The van der Waals surface area contributed by atoms with Gasteiger partial charge in [0, 0.05) is 6.07 Å². The van der Waals surface area contributed by atoms with E-state index in [1.54, 1.807) is 0 Å². The topological polar surface area (TPSA) is 55.1 Å². The highest BCUT2D eigenvalue weighted by atomic mass is 79.9. The summed E-state index contributed by atoms with van der Waals surface area (Å²) in [6, 6.07) is 1.88. The number of nitrogens with two attached hydrogens (primary N) is 1. The highest BCUT2D eigenvalue weighted by Gasteiger charge is 2.51. The molecule has 0 aromatic heterocycles. The zero-order chi connectivity index (χ0) is 15.1. The maximum absolute atomic E-state index is 13.6. The summed E-state index contributed by atoms with van der Waals surface area (Å²) < 4.78 is 26.9. The molecule has 1 fully saturated rings. The number of nitrogens with one attached hydrogen (secondary N) is 1. The molecular formula is C13H13BrF2N2OS. The Hall–Kier alpha value is -1.08. The highest BCUT2D eigenvalue weighted by Crippen LogP contribution is 2.46. The average molecular weight is 363 g/mol. The van der Waals surface area contributed by atoms with Crippen LogP contribution in [-0.2, 0) is 4.79 Å². The van der Waals surface area contributed by atoms with E-state index in [2.05, 4.69) is 21.2 Å². The van der Waals surface area contributed by atoms with Gasteiger partial charge in [0.1, 0.15) is 11.6 Å². The Morgan fingerprint density at radius 2 is 2.05 bits per heavy atom. The van der Waals surface area contributed by atoms with Crippen LogP contribution in [0.4, 0.5) is 14.5 Å². The Bertz CT molecular complexity index is 588. The molecule has 0 unspecified atom stereocenters. The lowest BCUT2D eigenvalue weighted by molar-refractivity contribution is -0.127. The molecule has 1 aliphatic rings. The number of benzene rings is 1. The number of amides is 1. The van der Waals surface area contributed by atoms with Crippen molar-refractivity contribution in [3.8, 4) is 0 Å². The van der Waals surface area contributed by atoms with E-state index in [0.717, 1.165) is 0 Å². The number of halogens is 3. The van der Waals surface area contributed by atoms with Crippen LogP contribution in [0.5, 0.6) is 0 Å². The molecule has 0 aliphatic heterocycles. The van der Waals surface area contributed by atoms with Crippen molar-refractivity contribution in [1.29, 1.82) is 0 Å². The fraction of sp³-hybridized carbons (Fsp3) is 0.385. The van der Waals surface area contributed by atoms with E-state index in [0.29, 0.717) is 24.8 Å². The predicted molar refractivity (Wildman–Crippen MR) is 80.3 cm³/mol. The van der Waals surface area contributed by atoms with E-state index in [1.165, 1.54) is 6.07 Å². The van der Waals surface area contributed by atoms with Crippen molar-refractivity contribution in [2.45, 2.75) is 19.8 Å². The van der Waals surface area contributed by atoms with Crippen LogP contribution in [0.15, 0.2) is 16.6 Å². The summed E-state index contributed by atoms with van der Waals surface area (Å²) in [7, 11) is 0. The second-order valence-corrected chi connectivity index (χ2v) is 6.45. The van der Waals surface area contributed by atoms with Crippen molar-refractivity contribution in [1.82, 2.24) is 0 Å². The molecule has 7 heteroatoms. The first-order valence-corrected chi connectivity index (χ1v) is 7.22. The van der Waals surface area contributed by atoms with Gasteiger partial charge >= 0.3 is 0 Å². The number of hydrogen-bond acceptors (Lipinski definition) is 2. The van der Waals surface area contributed by atoms with E-state index in [9.17, 15) is 13.6 Å². The Morgan fingerprint density at radius 1 is 1.45 bits per heavy atom. The average Bonchev–Trinajstić information content (AvgIpc) is 2.31. The summed E-state index contributed by atoms with van der Waals surface area (Å²) in [6.45, 7) is 1.98. The number of rotatable bonds is 3. The largest absolute Gasteiger partial charge is 0.392 e. The molecular weight excluding hydrogens is 350 g/mol. The Kier molecular flexibility index (Phi) is 4.11. The van der Waals surface area contributed by atoms with Gasteiger partial charge in [-0.1, -0.05) is 19.1 Å². The molecule has 1 saturated carbocycles. The van der Waals surface area contributed by atoms with Gasteiger partial charge in [-0.25, -0.2) is 8.78 Å². The molecule has 1 amide bonds. The van der Waals surface area contributed by atoms with Gasteiger partial charge in [-0.15, -0.1) is 0 Å². The van der Waals surface area contributed by atoms with Crippen molar-refractivity contribution in [2.75, 3.05) is 5.32 Å². The van der Waals surface area contributed by atoms with Crippen LogP contribution in [0.2, 0.25) is 0 Å². The maximum atomic E-state index is 13.6. The van der Waals surface area contributed by atoms with Crippen molar-refractivity contribution >= 4 is 44.7 Å². The minimum absolute atomic E-state index is 0.0700. The monoisotopic (exact) mass is 362 g/mol. The molecule has 0 saturated heterocycles. The van der Waals surface area contributed by atoms with E-state index < -0.39 is 23.0 Å². The molecule has 3 nitrogen and oxygen atoms in total. The molecule has 0 bridgehead atoms. The molecule has 3 N–H and O–H groups in total. The minimum Gasteiger partial charge on any atom is -0.392 e. The molecule has 1 aromatic carbocycles. The van der Waals surface area contributed by atoms with Gasteiger partial charge in [0.15, 0.2) is 0 Å². The van der Waals surface area contributed by atoms with E-state index >= 15 is 0 Å². The van der Waals surface area contributed by atoms with E-state index in [-0.39, 0.29) is 15.1 Å². The standard InChI is InChI=1S/C13H13BrF2N2OS/c1-6-4-13(5-6,11(17)20)12(19)18-10-2-7(14)8(15)3-9(10)16/h2-3,6H,4-5H2,1H3,(H2,17,20)(H,18,19). The van der Waals surface area contributed by atoms with Crippen LogP contribution in [0.3, 0.4) is 0 Å². The lowest BCUT2D eigenvalue weighted by atomic mass is 9.62. The van der Waals surface area contributed by atoms with Crippen LogP contribution in [0.25, 0.3) is 0 Å². The number of hydrogen-bond donors (Lipinski definition) is 2. The second kappa shape index (κ2) is 5.37. The quantitative estimate of drug-likeness (QED) is 0.640. The van der Waals surface area contributed by atoms with Gasteiger partial charge in [0.25, 0.3) is 0 Å². The van der Waals surface area contributed by atoms with Gasteiger partial charge in [-0.3, -0.25) is 4.79 Å². The summed E-state index contributed by atoms with van der Waals surface area (Å²) in [4.78, 5) is 12.4. The summed E-state index contributed by atoms with van der Waals surface area (Å²) in [6.07, 6.45) is 1.08. The van der Waals surface area contributed by atoms with Crippen LogP contribution < -0.4 is 11.1 Å². The number of thiocarbonyl (C=S) groups is 1. The van der Waals surface area contributed by atoms with Crippen molar-refractivity contribution in [3.05, 3.63) is 28.2 Å². The van der Waals surface area contributed by atoms with Crippen LogP contribution in [0, 0.1) is 23.0 Å². The van der Waals surface area contributed by atoms with Crippen LogP contribution >= 0.6 is 28.1 Å². The third-order valence-electron chi connectivity index (χ3n) is 3.56. The first-order chi connectivity index (χ1) is 9.26.